The molecular formula is C18H22N2O3S. The fourth-order valence-electron chi connectivity index (χ4n) is 2.31. The number of nitrogens with one attached hydrogen (secondary N) is 2. The Morgan fingerprint density at radius 3 is 2.12 bits per heavy atom. The molecule has 2 N–H and O–H groups in total. The highest BCUT2D eigenvalue weighted by molar-refractivity contribution is 7.92. The summed E-state index contributed by atoms with van der Waals surface area (Å²) in [7, 11) is -3.32. The quantitative estimate of drug-likeness (QED) is 0.844. The molecule has 0 saturated carbocycles. The zero-order valence-corrected chi connectivity index (χ0v) is 14.9. The molecule has 1 amide bonds. The van der Waals surface area contributed by atoms with E-state index in [4.69, 9.17) is 0 Å². The average Bonchev–Trinajstić information content (AvgIpc) is 2.54. The molecule has 1 atom stereocenters. The molecule has 0 unspecified atom stereocenters. The zero-order valence-electron chi connectivity index (χ0n) is 14.0. The normalized spacial score (nSPS) is 12.5. The lowest BCUT2D eigenvalue weighted by Gasteiger charge is -2.15. The van der Waals surface area contributed by atoms with Crippen molar-refractivity contribution in [3.8, 4) is 0 Å². The molecule has 0 spiro atoms. The van der Waals surface area contributed by atoms with Gasteiger partial charge in [0.05, 0.1) is 12.3 Å². The third kappa shape index (κ3) is 5.09. The Bertz CT molecular complexity index is 797. The fourth-order valence-corrected chi connectivity index (χ4v) is 2.87. The number of carbonyl (C=O) groups is 1. The van der Waals surface area contributed by atoms with E-state index >= 15 is 0 Å². The molecule has 0 fully saturated rings. The molecule has 2 rings (SSSR count). The van der Waals surface area contributed by atoms with Crippen LogP contribution in [0.25, 0.3) is 0 Å². The Morgan fingerprint density at radius 2 is 1.62 bits per heavy atom. The molecule has 24 heavy (non-hydrogen) atoms. The molecule has 0 aromatic heterocycles. The Hall–Kier alpha value is -2.34. The van der Waals surface area contributed by atoms with Gasteiger partial charge < -0.3 is 5.32 Å². The molecule has 5 nitrogen and oxygen atoms in total. The van der Waals surface area contributed by atoms with Gasteiger partial charge in [0, 0.05) is 11.3 Å². The van der Waals surface area contributed by atoms with Crippen LogP contribution < -0.4 is 10.0 Å². The summed E-state index contributed by atoms with van der Waals surface area (Å²) < 4.78 is 24.7. The van der Waals surface area contributed by atoms with Gasteiger partial charge in [-0.2, -0.15) is 0 Å². The molecule has 2 aromatic rings. The van der Waals surface area contributed by atoms with Crippen LogP contribution in [0.15, 0.2) is 48.5 Å². The monoisotopic (exact) mass is 346 g/mol. The minimum absolute atomic E-state index is 0.114. The number of benzene rings is 2. The van der Waals surface area contributed by atoms with Gasteiger partial charge in [0.15, 0.2) is 0 Å². The van der Waals surface area contributed by atoms with Gasteiger partial charge in [-0.1, -0.05) is 31.2 Å². The third-order valence-electron chi connectivity index (χ3n) is 3.69. The average molecular weight is 346 g/mol. The number of hydrogen-bond acceptors (Lipinski definition) is 3. The number of amides is 1. The first-order chi connectivity index (χ1) is 11.3. The van der Waals surface area contributed by atoms with E-state index in [1.54, 1.807) is 24.3 Å². The summed E-state index contributed by atoms with van der Waals surface area (Å²) in [6.07, 6.45) is 2.06. The summed E-state index contributed by atoms with van der Waals surface area (Å²) in [4.78, 5) is 12.3. The second-order valence-corrected chi connectivity index (χ2v) is 7.49. The predicted molar refractivity (Wildman–Crippen MR) is 96.6 cm³/mol. The van der Waals surface area contributed by atoms with E-state index in [9.17, 15) is 13.2 Å². The van der Waals surface area contributed by atoms with Crippen molar-refractivity contribution in [3.05, 3.63) is 65.2 Å². The van der Waals surface area contributed by atoms with Crippen LogP contribution in [0.2, 0.25) is 0 Å². The van der Waals surface area contributed by atoms with Gasteiger partial charge in [0.1, 0.15) is 0 Å². The van der Waals surface area contributed by atoms with E-state index in [1.807, 2.05) is 19.1 Å². The van der Waals surface area contributed by atoms with Gasteiger partial charge in [-0.15, -0.1) is 0 Å². The van der Waals surface area contributed by atoms with E-state index in [2.05, 4.69) is 29.1 Å². The Balaban J connectivity index is 2.03. The molecule has 0 aliphatic rings. The summed E-state index contributed by atoms with van der Waals surface area (Å²) in [6, 6.07) is 14.4. The highest BCUT2D eigenvalue weighted by Gasteiger charge is 2.12. The second-order valence-electron chi connectivity index (χ2n) is 5.74. The molecule has 128 valence electrons. The van der Waals surface area contributed by atoms with Crippen LogP contribution in [0.3, 0.4) is 0 Å². The second kappa shape index (κ2) is 7.49. The van der Waals surface area contributed by atoms with E-state index in [1.165, 1.54) is 5.56 Å². The Labute approximate surface area is 143 Å². The van der Waals surface area contributed by atoms with Crippen LogP contribution in [-0.4, -0.2) is 20.6 Å². The van der Waals surface area contributed by atoms with E-state index in [0.717, 1.165) is 18.2 Å². The number of anilines is 1. The van der Waals surface area contributed by atoms with Gasteiger partial charge in [0.25, 0.3) is 5.91 Å². The van der Waals surface area contributed by atoms with Crippen molar-refractivity contribution in [2.45, 2.75) is 26.3 Å². The van der Waals surface area contributed by atoms with Crippen molar-refractivity contribution < 1.29 is 13.2 Å². The van der Waals surface area contributed by atoms with Crippen molar-refractivity contribution in [1.82, 2.24) is 5.32 Å². The lowest BCUT2D eigenvalue weighted by molar-refractivity contribution is 0.0940. The van der Waals surface area contributed by atoms with Crippen LogP contribution in [-0.2, 0) is 16.4 Å². The molecule has 0 radical (unpaired) electrons. The summed E-state index contributed by atoms with van der Waals surface area (Å²) >= 11 is 0. The van der Waals surface area contributed by atoms with E-state index in [-0.39, 0.29) is 11.9 Å². The number of rotatable bonds is 6. The Kier molecular flexibility index (Phi) is 5.62. The van der Waals surface area contributed by atoms with Crippen molar-refractivity contribution >= 4 is 21.6 Å². The topological polar surface area (TPSA) is 75.3 Å². The maximum Gasteiger partial charge on any atom is 0.251 e. The molecular weight excluding hydrogens is 324 g/mol. The molecule has 6 heteroatoms. The summed E-state index contributed by atoms with van der Waals surface area (Å²) in [5.41, 5.74) is 3.20. The first-order valence-electron chi connectivity index (χ1n) is 7.76. The number of carbonyl (C=O) groups excluding carboxylic acids is 1. The van der Waals surface area contributed by atoms with Gasteiger partial charge in [0.2, 0.25) is 10.0 Å². The van der Waals surface area contributed by atoms with Gasteiger partial charge in [-0.3, -0.25) is 9.52 Å². The lowest BCUT2D eigenvalue weighted by atomic mass is 10.0. The first kappa shape index (κ1) is 18.0. The number of sulfonamides is 1. The Morgan fingerprint density at radius 1 is 1.04 bits per heavy atom. The molecule has 2 aromatic carbocycles. The standard InChI is InChI=1S/C18H22N2O3S/c1-4-14-5-7-15(8-6-14)13(2)19-18(21)16-9-11-17(12-10-16)20-24(3,22)23/h5-13,20H,4H2,1-3H3,(H,19,21)/t13-/m1/s1. The van der Waals surface area contributed by atoms with Crippen LogP contribution >= 0.6 is 0 Å². The number of aryl methyl sites for hydroxylation is 1. The fraction of sp³-hybridized carbons (Fsp3) is 0.278. The minimum atomic E-state index is -3.32. The highest BCUT2D eigenvalue weighted by Crippen LogP contribution is 2.16. The molecule has 0 saturated heterocycles. The van der Waals surface area contributed by atoms with Gasteiger partial charge >= 0.3 is 0 Å². The SMILES string of the molecule is CCc1ccc([C@@H](C)NC(=O)c2ccc(NS(C)(=O)=O)cc2)cc1. The maximum atomic E-state index is 12.3. The summed E-state index contributed by atoms with van der Waals surface area (Å²) in [5, 5.41) is 2.94. The van der Waals surface area contributed by atoms with Crippen molar-refractivity contribution in [2.75, 3.05) is 11.0 Å². The predicted octanol–water partition coefficient (Wildman–Crippen LogP) is 3.11. The molecule has 0 aliphatic carbocycles. The van der Waals surface area contributed by atoms with Crippen LogP contribution in [0, 0.1) is 0 Å². The van der Waals surface area contributed by atoms with Crippen molar-refractivity contribution in [1.29, 1.82) is 0 Å². The first-order valence-corrected chi connectivity index (χ1v) is 9.65. The largest absolute Gasteiger partial charge is 0.346 e. The maximum absolute atomic E-state index is 12.3. The van der Waals surface area contributed by atoms with Crippen molar-refractivity contribution in [3.63, 3.8) is 0 Å². The smallest absolute Gasteiger partial charge is 0.251 e. The van der Waals surface area contributed by atoms with Gasteiger partial charge in [-0.25, -0.2) is 8.42 Å². The van der Waals surface area contributed by atoms with Crippen LogP contribution in [0.5, 0.6) is 0 Å². The van der Waals surface area contributed by atoms with Crippen LogP contribution in [0.1, 0.15) is 41.4 Å². The molecule has 0 bridgehead atoms. The molecule has 0 heterocycles. The van der Waals surface area contributed by atoms with Crippen molar-refractivity contribution in [2.24, 2.45) is 0 Å². The highest BCUT2D eigenvalue weighted by atomic mass is 32.2. The summed E-state index contributed by atoms with van der Waals surface area (Å²) in [6.45, 7) is 4.03. The summed E-state index contributed by atoms with van der Waals surface area (Å²) in [5.74, 6) is -0.201. The minimum Gasteiger partial charge on any atom is -0.346 e. The lowest BCUT2D eigenvalue weighted by Crippen LogP contribution is -2.26. The number of hydrogen-bond donors (Lipinski definition) is 2. The van der Waals surface area contributed by atoms with E-state index in [0.29, 0.717) is 11.3 Å². The zero-order chi connectivity index (χ0) is 17.7. The third-order valence-corrected chi connectivity index (χ3v) is 4.29. The van der Waals surface area contributed by atoms with Crippen LogP contribution in [0.4, 0.5) is 5.69 Å². The van der Waals surface area contributed by atoms with E-state index < -0.39 is 10.0 Å². The molecule has 0 aliphatic heterocycles. The van der Waals surface area contributed by atoms with Gasteiger partial charge in [-0.05, 0) is 48.7 Å².